The van der Waals surface area contributed by atoms with Crippen LogP contribution in [0.3, 0.4) is 0 Å². The van der Waals surface area contributed by atoms with Gasteiger partial charge in [0.15, 0.2) is 0 Å². The zero-order valence-corrected chi connectivity index (χ0v) is 15.7. The number of hydrogen-bond acceptors (Lipinski definition) is 6. The highest BCUT2D eigenvalue weighted by Crippen LogP contribution is 2.05. The van der Waals surface area contributed by atoms with Crippen LogP contribution in [-0.4, -0.2) is 119 Å². The third kappa shape index (κ3) is 6.29. The summed E-state index contributed by atoms with van der Waals surface area (Å²) in [5.74, 6) is 0.0461. The highest BCUT2D eigenvalue weighted by molar-refractivity contribution is 7.88. The molecule has 24 heavy (non-hydrogen) atoms. The van der Waals surface area contributed by atoms with Gasteiger partial charge in [-0.05, 0) is 7.05 Å². The minimum atomic E-state index is -3.29. The molecule has 140 valence electrons. The first-order chi connectivity index (χ1) is 11.4. The third-order valence-corrected chi connectivity index (χ3v) is 6.08. The second-order valence-electron chi connectivity index (χ2n) is 6.69. The quantitative estimate of drug-likeness (QED) is 0.584. The van der Waals surface area contributed by atoms with E-state index < -0.39 is 10.0 Å². The standard InChI is InChI=1S/C15H31N5O3S/c1-17-9-11-18(12-10-17)13-14-20(24(2,22)23)6-3-15(21)19-7-4-16-5-8-19/h16H,3-14H2,1-2H3. The second-order valence-corrected chi connectivity index (χ2v) is 8.67. The summed E-state index contributed by atoms with van der Waals surface area (Å²) in [4.78, 5) is 18.6. The number of likely N-dealkylation sites (N-methyl/N-ethyl adjacent to an activating group) is 1. The predicted octanol–water partition coefficient (Wildman–Crippen LogP) is -1.68. The van der Waals surface area contributed by atoms with E-state index >= 15 is 0 Å². The van der Waals surface area contributed by atoms with Crippen LogP contribution in [0.25, 0.3) is 0 Å². The van der Waals surface area contributed by atoms with Crippen molar-refractivity contribution in [1.29, 1.82) is 0 Å². The molecule has 2 fully saturated rings. The topological polar surface area (TPSA) is 76.2 Å². The monoisotopic (exact) mass is 361 g/mol. The Morgan fingerprint density at radius 1 is 1.04 bits per heavy atom. The van der Waals surface area contributed by atoms with Gasteiger partial charge in [-0.3, -0.25) is 9.69 Å². The molecule has 0 bridgehead atoms. The van der Waals surface area contributed by atoms with Crippen LogP contribution in [0.2, 0.25) is 0 Å². The molecule has 2 aliphatic rings. The smallest absolute Gasteiger partial charge is 0.223 e. The number of amides is 1. The van der Waals surface area contributed by atoms with Crippen molar-refractivity contribution in [3.63, 3.8) is 0 Å². The molecule has 0 aromatic carbocycles. The highest BCUT2D eigenvalue weighted by Gasteiger charge is 2.22. The van der Waals surface area contributed by atoms with Crippen molar-refractivity contribution in [3.8, 4) is 0 Å². The molecule has 0 saturated carbocycles. The molecule has 0 unspecified atom stereocenters. The third-order valence-electron chi connectivity index (χ3n) is 4.78. The first-order valence-electron chi connectivity index (χ1n) is 8.71. The summed E-state index contributed by atoms with van der Waals surface area (Å²) >= 11 is 0. The average molecular weight is 362 g/mol. The molecule has 2 aliphatic heterocycles. The average Bonchev–Trinajstić information content (AvgIpc) is 2.55. The van der Waals surface area contributed by atoms with Gasteiger partial charge in [0.1, 0.15) is 0 Å². The summed E-state index contributed by atoms with van der Waals surface area (Å²) in [6, 6.07) is 0. The molecule has 9 heteroatoms. The maximum atomic E-state index is 12.2. The normalized spacial score (nSPS) is 21.4. The molecule has 0 atom stereocenters. The van der Waals surface area contributed by atoms with Crippen LogP contribution in [0.5, 0.6) is 0 Å². The summed E-state index contributed by atoms with van der Waals surface area (Å²) in [5.41, 5.74) is 0. The molecule has 2 rings (SSSR count). The Bertz CT molecular complexity index is 499. The fraction of sp³-hybridized carbons (Fsp3) is 0.933. The molecule has 2 heterocycles. The fourth-order valence-electron chi connectivity index (χ4n) is 3.06. The Hall–Kier alpha value is -0.740. The van der Waals surface area contributed by atoms with Crippen molar-refractivity contribution < 1.29 is 13.2 Å². The number of piperazine rings is 2. The van der Waals surface area contributed by atoms with E-state index in [9.17, 15) is 13.2 Å². The molecule has 0 aromatic rings. The van der Waals surface area contributed by atoms with Crippen molar-refractivity contribution >= 4 is 15.9 Å². The van der Waals surface area contributed by atoms with Crippen LogP contribution < -0.4 is 5.32 Å². The SMILES string of the molecule is CN1CCN(CCN(CCC(=O)N2CCNCC2)S(C)(=O)=O)CC1. The minimum Gasteiger partial charge on any atom is -0.340 e. The van der Waals surface area contributed by atoms with Crippen molar-refractivity contribution in [3.05, 3.63) is 0 Å². The van der Waals surface area contributed by atoms with Crippen LogP contribution in [-0.2, 0) is 14.8 Å². The van der Waals surface area contributed by atoms with Crippen molar-refractivity contribution in [1.82, 2.24) is 24.3 Å². The van der Waals surface area contributed by atoms with Gasteiger partial charge in [0.05, 0.1) is 6.26 Å². The van der Waals surface area contributed by atoms with Gasteiger partial charge in [-0.2, -0.15) is 0 Å². The van der Waals surface area contributed by atoms with Gasteiger partial charge in [0.25, 0.3) is 0 Å². The van der Waals surface area contributed by atoms with E-state index in [0.717, 1.165) is 45.8 Å². The maximum Gasteiger partial charge on any atom is 0.223 e. The summed E-state index contributed by atoms with van der Waals surface area (Å²) in [6.07, 6.45) is 1.49. The minimum absolute atomic E-state index is 0.0461. The molecule has 1 amide bonds. The van der Waals surface area contributed by atoms with E-state index in [1.54, 1.807) is 0 Å². The number of carbonyl (C=O) groups is 1. The molecular formula is C15H31N5O3S. The van der Waals surface area contributed by atoms with Gasteiger partial charge in [-0.15, -0.1) is 0 Å². The van der Waals surface area contributed by atoms with Gasteiger partial charge in [0, 0.05) is 78.4 Å². The number of carbonyl (C=O) groups excluding carboxylic acids is 1. The Labute approximate surface area is 145 Å². The first kappa shape index (κ1) is 19.6. The lowest BCUT2D eigenvalue weighted by Gasteiger charge is -2.33. The van der Waals surface area contributed by atoms with E-state index in [4.69, 9.17) is 0 Å². The summed E-state index contributed by atoms with van der Waals surface area (Å²) in [6.45, 7) is 8.45. The van der Waals surface area contributed by atoms with Crippen molar-refractivity contribution in [2.24, 2.45) is 0 Å². The Morgan fingerprint density at radius 2 is 1.67 bits per heavy atom. The fourth-order valence-corrected chi connectivity index (χ4v) is 3.90. The van der Waals surface area contributed by atoms with Crippen LogP contribution in [0.4, 0.5) is 0 Å². The molecular weight excluding hydrogens is 330 g/mol. The van der Waals surface area contributed by atoms with Gasteiger partial charge in [-0.1, -0.05) is 0 Å². The molecule has 1 N–H and O–H groups in total. The van der Waals surface area contributed by atoms with E-state index in [-0.39, 0.29) is 18.9 Å². The number of rotatable bonds is 7. The van der Waals surface area contributed by atoms with Gasteiger partial charge >= 0.3 is 0 Å². The number of sulfonamides is 1. The molecule has 8 nitrogen and oxygen atoms in total. The van der Waals surface area contributed by atoms with E-state index in [0.29, 0.717) is 19.6 Å². The van der Waals surface area contributed by atoms with Crippen LogP contribution in [0.1, 0.15) is 6.42 Å². The van der Waals surface area contributed by atoms with Crippen LogP contribution in [0, 0.1) is 0 Å². The highest BCUT2D eigenvalue weighted by atomic mass is 32.2. The van der Waals surface area contributed by atoms with Crippen LogP contribution in [0.15, 0.2) is 0 Å². The van der Waals surface area contributed by atoms with Crippen molar-refractivity contribution in [2.45, 2.75) is 6.42 Å². The van der Waals surface area contributed by atoms with E-state index in [2.05, 4.69) is 22.2 Å². The number of nitrogens with one attached hydrogen (secondary N) is 1. The van der Waals surface area contributed by atoms with Gasteiger partial charge in [0.2, 0.25) is 15.9 Å². The second kappa shape index (κ2) is 9.10. The zero-order chi connectivity index (χ0) is 17.6. The zero-order valence-electron chi connectivity index (χ0n) is 14.9. The number of nitrogens with zero attached hydrogens (tertiary/aromatic N) is 4. The maximum absolute atomic E-state index is 12.2. The Morgan fingerprint density at radius 3 is 2.25 bits per heavy atom. The van der Waals surface area contributed by atoms with E-state index in [1.807, 2.05) is 4.90 Å². The summed E-state index contributed by atoms with van der Waals surface area (Å²) in [5, 5.41) is 3.21. The molecule has 2 saturated heterocycles. The molecule has 0 radical (unpaired) electrons. The first-order valence-corrected chi connectivity index (χ1v) is 10.6. The van der Waals surface area contributed by atoms with Crippen molar-refractivity contribution in [2.75, 3.05) is 85.3 Å². The largest absolute Gasteiger partial charge is 0.340 e. The number of hydrogen-bond donors (Lipinski definition) is 1. The summed E-state index contributed by atoms with van der Waals surface area (Å²) < 4.78 is 25.5. The van der Waals surface area contributed by atoms with Crippen LogP contribution >= 0.6 is 0 Å². The Balaban J connectivity index is 1.79. The predicted molar refractivity (Wildman–Crippen MR) is 94.4 cm³/mol. The van der Waals surface area contributed by atoms with E-state index in [1.165, 1.54) is 10.6 Å². The van der Waals surface area contributed by atoms with Gasteiger partial charge < -0.3 is 15.1 Å². The lowest BCUT2D eigenvalue weighted by molar-refractivity contribution is -0.131. The summed E-state index contributed by atoms with van der Waals surface area (Å²) in [7, 11) is -1.19. The molecule has 0 aromatic heterocycles. The Kier molecular flexibility index (Phi) is 7.42. The lowest BCUT2D eigenvalue weighted by Crippen LogP contribution is -2.49. The molecule has 0 spiro atoms. The molecule has 0 aliphatic carbocycles. The van der Waals surface area contributed by atoms with Gasteiger partial charge in [-0.25, -0.2) is 12.7 Å². The lowest BCUT2D eigenvalue weighted by atomic mass is 10.3.